The van der Waals surface area contributed by atoms with E-state index in [1.807, 2.05) is 6.92 Å². The molecule has 3 N–H and O–H groups in total. The third-order valence-electron chi connectivity index (χ3n) is 2.59. The Hall–Kier alpha value is -0.120. The van der Waals surface area contributed by atoms with E-state index in [4.69, 9.17) is 5.11 Å². The third-order valence-corrected chi connectivity index (χ3v) is 2.59. The van der Waals surface area contributed by atoms with E-state index in [1.165, 1.54) is 0 Å². The van der Waals surface area contributed by atoms with Gasteiger partial charge in [-0.2, -0.15) is 0 Å². The van der Waals surface area contributed by atoms with Crippen molar-refractivity contribution < 1.29 is 10.2 Å². The summed E-state index contributed by atoms with van der Waals surface area (Å²) in [7, 11) is 0. The fourth-order valence-corrected chi connectivity index (χ4v) is 1.64. The zero-order valence-electron chi connectivity index (χ0n) is 7.71. The highest BCUT2D eigenvalue weighted by Gasteiger charge is 2.30. The van der Waals surface area contributed by atoms with Gasteiger partial charge in [0.2, 0.25) is 0 Å². The third kappa shape index (κ3) is 2.73. The molecule has 0 spiro atoms. The minimum Gasteiger partial charge on any atom is -0.395 e. The molecule has 1 fully saturated rings. The molecule has 0 amide bonds. The van der Waals surface area contributed by atoms with Gasteiger partial charge in [-0.15, -0.1) is 0 Å². The van der Waals surface area contributed by atoms with Crippen molar-refractivity contribution in [3.63, 3.8) is 0 Å². The van der Waals surface area contributed by atoms with Crippen molar-refractivity contribution in [2.75, 3.05) is 13.2 Å². The van der Waals surface area contributed by atoms with Crippen LogP contribution in [0.3, 0.4) is 0 Å². The Kier molecular flexibility index (Phi) is 3.50. The molecule has 12 heavy (non-hydrogen) atoms. The number of rotatable bonds is 4. The molecule has 0 heterocycles. The molecule has 1 atom stereocenters. The van der Waals surface area contributed by atoms with E-state index < -0.39 is 5.60 Å². The summed E-state index contributed by atoms with van der Waals surface area (Å²) in [5.41, 5.74) is -0.497. The maximum absolute atomic E-state index is 9.89. The average molecular weight is 173 g/mol. The van der Waals surface area contributed by atoms with Crippen LogP contribution in [-0.4, -0.2) is 35.0 Å². The predicted molar refractivity (Wildman–Crippen MR) is 48.0 cm³/mol. The Morgan fingerprint density at radius 1 is 1.42 bits per heavy atom. The number of nitrogens with one attached hydrogen (secondary N) is 1. The molecule has 0 aromatic carbocycles. The van der Waals surface area contributed by atoms with Gasteiger partial charge in [-0.25, -0.2) is 0 Å². The standard InChI is InChI=1S/C9H19NO2/c1-8(6-11)10-7-9(12)4-2-3-5-9/h8,10-12H,2-7H2,1H3. The summed E-state index contributed by atoms with van der Waals surface area (Å²) in [4.78, 5) is 0. The molecule has 3 nitrogen and oxygen atoms in total. The largest absolute Gasteiger partial charge is 0.395 e. The lowest BCUT2D eigenvalue weighted by Crippen LogP contribution is -2.42. The molecule has 3 heteroatoms. The van der Waals surface area contributed by atoms with Gasteiger partial charge in [0, 0.05) is 12.6 Å². The van der Waals surface area contributed by atoms with Crippen molar-refractivity contribution in [2.24, 2.45) is 0 Å². The second-order valence-electron chi connectivity index (χ2n) is 3.90. The normalized spacial score (nSPS) is 24.2. The van der Waals surface area contributed by atoms with Gasteiger partial charge in [-0.05, 0) is 19.8 Å². The van der Waals surface area contributed by atoms with Crippen LogP contribution in [-0.2, 0) is 0 Å². The SMILES string of the molecule is CC(CO)NCC1(O)CCCC1. The van der Waals surface area contributed by atoms with Crippen LogP contribution in [0.4, 0.5) is 0 Å². The fraction of sp³-hybridized carbons (Fsp3) is 1.00. The molecular weight excluding hydrogens is 154 g/mol. The van der Waals surface area contributed by atoms with Gasteiger partial charge >= 0.3 is 0 Å². The van der Waals surface area contributed by atoms with Crippen molar-refractivity contribution in [3.05, 3.63) is 0 Å². The lowest BCUT2D eigenvalue weighted by molar-refractivity contribution is 0.0432. The second kappa shape index (κ2) is 4.21. The molecule has 1 aliphatic rings. The maximum Gasteiger partial charge on any atom is 0.0771 e. The van der Waals surface area contributed by atoms with Gasteiger partial charge in [0.1, 0.15) is 0 Å². The van der Waals surface area contributed by atoms with E-state index in [0.717, 1.165) is 25.7 Å². The van der Waals surface area contributed by atoms with E-state index in [2.05, 4.69) is 5.32 Å². The van der Waals surface area contributed by atoms with Gasteiger partial charge in [0.25, 0.3) is 0 Å². The Morgan fingerprint density at radius 2 is 2.00 bits per heavy atom. The fourth-order valence-electron chi connectivity index (χ4n) is 1.64. The first-order valence-electron chi connectivity index (χ1n) is 4.73. The zero-order valence-corrected chi connectivity index (χ0v) is 7.71. The van der Waals surface area contributed by atoms with Crippen LogP contribution in [0.2, 0.25) is 0 Å². The average Bonchev–Trinajstić information content (AvgIpc) is 2.49. The number of aliphatic hydroxyl groups excluding tert-OH is 1. The highest BCUT2D eigenvalue weighted by molar-refractivity contribution is 4.86. The number of hydrogen-bond donors (Lipinski definition) is 3. The van der Waals surface area contributed by atoms with Crippen LogP contribution in [0.5, 0.6) is 0 Å². The van der Waals surface area contributed by atoms with Gasteiger partial charge in [0.15, 0.2) is 0 Å². The molecule has 0 radical (unpaired) electrons. The van der Waals surface area contributed by atoms with Gasteiger partial charge in [-0.3, -0.25) is 0 Å². The van der Waals surface area contributed by atoms with E-state index in [9.17, 15) is 5.11 Å². The molecule has 0 bridgehead atoms. The van der Waals surface area contributed by atoms with Gasteiger partial charge in [-0.1, -0.05) is 12.8 Å². The molecule has 0 aliphatic heterocycles. The highest BCUT2D eigenvalue weighted by Crippen LogP contribution is 2.28. The molecule has 0 aromatic rings. The van der Waals surface area contributed by atoms with Crippen molar-refractivity contribution in [2.45, 2.75) is 44.2 Å². The molecular formula is C9H19NO2. The van der Waals surface area contributed by atoms with E-state index >= 15 is 0 Å². The summed E-state index contributed by atoms with van der Waals surface area (Å²) in [6.45, 7) is 2.67. The molecule has 1 rings (SSSR count). The Bertz CT molecular complexity index is 132. The predicted octanol–water partition coefficient (Wildman–Crippen LogP) is 0.262. The van der Waals surface area contributed by atoms with Crippen molar-refractivity contribution in [1.82, 2.24) is 5.32 Å². The van der Waals surface area contributed by atoms with Gasteiger partial charge < -0.3 is 15.5 Å². The smallest absolute Gasteiger partial charge is 0.0771 e. The first kappa shape index (κ1) is 9.96. The molecule has 1 unspecified atom stereocenters. The summed E-state index contributed by atoms with van der Waals surface area (Å²) < 4.78 is 0. The summed E-state index contributed by atoms with van der Waals surface area (Å²) in [6, 6.07) is 0.0922. The van der Waals surface area contributed by atoms with Crippen LogP contribution < -0.4 is 5.32 Å². The van der Waals surface area contributed by atoms with Crippen molar-refractivity contribution in [1.29, 1.82) is 0 Å². The van der Waals surface area contributed by atoms with Gasteiger partial charge in [0.05, 0.1) is 12.2 Å². The van der Waals surface area contributed by atoms with E-state index in [-0.39, 0.29) is 12.6 Å². The molecule has 1 aliphatic carbocycles. The Morgan fingerprint density at radius 3 is 2.50 bits per heavy atom. The van der Waals surface area contributed by atoms with Crippen molar-refractivity contribution in [3.8, 4) is 0 Å². The monoisotopic (exact) mass is 173 g/mol. The second-order valence-corrected chi connectivity index (χ2v) is 3.90. The Labute approximate surface area is 73.8 Å². The molecule has 72 valence electrons. The molecule has 0 aromatic heterocycles. The first-order chi connectivity index (χ1) is 5.66. The zero-order chi connectivity index (χ0) is 9.03. The lowest BCUT2D eigenvalue weighted by Gasteiger charge is -2.24. The van der Waals surface area contributed by atoms with Crippen LogP contribution >= 0.6 is 0 Å². The van der Waals surface area contributed by atoms with Crippen LogP contribution in [0.15, 0.2) is 0 Å². The summed E-state index contributed by atoms with van der Waals surface area (Å²) in [5.74, 6) is 0. The van der Waals surface area contributed by atoms with Crippen LogP contribution in [0.1, 0.15) is 32.6 Å². The number of hydrogen-bond acceptors (Lipinski definition) is 3. The highest BCUT2D eigenvalue weighted by atomic mass is 16.3. The Balaban J connectivity index is 2.21. The van der Waals surface area contributed by atoms with Crippen LogP contribution in [0.25, 0.3) is 0 Å². The topological polar surface area (TPSA) is 52.5 Å². The quantitative estimate of drug-likeness (QED) is 0.571. The maximum atomic E-state index is 9.89. The van der Waals surface area contributed by atoms with E-state index in [1.54, 1.807) is 0 Å². The lowest BCUT2D eigenvalue weighted by atomic mass is 10.0. The number of aliphatic hydroxyl groups is 2. The van der Waals surface area contributed by atoms with Crippen LogP contribution in [0, 0.1) is 0 Å². The molecule has 0 saturated heterocycles. The minimum atomic E-state index is -0.497. The minimum absolute atomic E-state index is 0.0922. The summed E-state index contributed by atoms with van der Waals surface area (Å²) >= 11 is 0. The van der Waals surface area contributed by atoms with Crippen molar-refractivity contribution >= 4 is 0 Å². The molecule has 1 saturated carbocycles. The summed E-state index contributed by atoms with van der Waals surface area (Å²) in [5, 5.41) is 21.8. The first-order valence-corrected chi connectivity index (χ1v) is 4.73. The van der Waals surface area contributed by atoms with E-state index in [0.29, 0.717) is 6.54 Å². The summed E-state index contributed by atoms with van der Waals surface area (Å²) in [6.07, 6.45) is 4.06.